The summed E-state index contributed by atoms with van der Waals surface area (Å²) in [5.41, 5.74) is 0. The van der Waals surface area contributed by atoms with Crippen LogP contribution in [0.15, 0.2) is 17.5 Å². The van der Waals surface area contributed by atoms with Crippen molar-refractivity contribution in [3.05, 3.63) is 22.4 Å². The first-order chi connectivity index (χ1) is 10.3. The number of nitrogens with zero attached hydrogens (tertiary/aromatic N) is 1. The maximum absolute atomic E-state index is 12.3. The molecule has 1 aromatic rings. The van der Waals surface area contributed by atoms with Crippen LogP contribution in [0.2, 0.25) is 0 Å². The molecule has 1 N–H and O–H groups in total. The summed E-state index contributed by atoms with van der Waals surface area (Å²) >= 11 is 1.49. The fourth-order valence-electron chi connectivity index (χ4n) is 2.33. The molecule has 0 saturated carbocycles. The summed E-state index contributed by atoms with van der Waals surface area (Å²) in [4.78, 5) is 27.0. The number of amides is 2. The summed E-state index contributed by atoms with van der Waals surface area (Å²) < 4.78 is 25.7. The number of sulfonamides is 1. The SMILES string of the molecule is CC(C)S(=O)(=O)NC(=O)[C@H]1CCCN1C(=O)Cc1cccs1. The van der Waals surface area contributed by atoms with Crippen LogP contribution in [0.3, 0.4) is 0 Å². The maximum Gasteiger partial charge on any atom is 0.256 e. The number of nitrogens with one attached hydrogen (secondary N) is 1. The van der Waals surface area contributed by atoms with Gasteiger partial charge < -0.3 is 4.90 Å². The van der Waals surface area contributed by atoms with E-state index in [9.17, 15) is 18.0 Å². The molecule has 2 heterocycles. The van der Waals surface area contributed by atoms with Gasteiger partial charge in [0.15, 0.2) is 0 Å². The van der Waals surface area contributed by atoms with Crippen molar-refractivity contribution in [1.29, 1.82) is 0 Å². The number of thiophene rings is 1. The van der Waals surface area contributed by atoms with Crippen molar-refractivity contribution in [2.75, 3.05) is 6.54 Å². The second-order valence-corrected chi connectivity index (χ2v) is 8.83. The molecule has 6 nitrogen and oxygen atoms in total. The summed E-state index contributed by atoms with van der Waals surface area (Å²) in [6.07, 6.45) is 1.45. The zero-order valence-electron chi connectivity index (χ0n) is 12.6. The monoisotopic (exact) mass is 344 g/mol. The number of hydrogen-bond donors (Lipinski definition) is 1. The highest BCUT2D eigenvalue weighted by molar-refractivity contribution is 7.90. The lowest BCUT2D eigenvalue weighted by Gasteiger charge is -2.24. The lowest BCUT2D eigenvalue weighted by atomic mass is 10.2. The predicted octanol–water partition coefficient (Wildman–Crippen LogP) is 1.14. The molecular formula is C14H20N2O4S2. The molecule has 1 saturated heterocycles. The van der Waals surface area contributed by atoms with E-state index in [2.05, 4.69) is 4.72 Å². The Balaban J connectivity index is 2.04. The third kappa shape index (κ3) is 3.86. The van der Waals surface area contributed by atoms with Crippen LogP contribution in [-0.2, 0) is 26.0 Å². The molecule has 2 amide bonds. The molecule has 1 aromatic heterocycles. The minimum atomic E-state index is -3.67. The Morgan fingerprint density at radius 1 is 1.45 bits per heavy atom. The van der Waals surface area contributed by atoms with Crippen LogP contribution in [0.5, 0.6) is 0 Å². The molecule has 22 heavy (non-hydrogen) atoms. The number of rotatable bonds is 5. The third-order valence-electron chi connectivity index (χ3n) is 3.64. The Labute approximate surface area is 134 Å². The number of carbonyl (C=O) groups excluding carboxylic acids is 2. The van der Waals surface area contributed by atoms with Gasteiger partial charge in [-0.15, -0.1) is 11.3 Å². The van der Waals surface area contributed by atoms with Crippen molar-refractivity contribution in [3.63, 3.8) is 0 Å². The lowest BCUT2D eigenvalue weighted by Crippen LogP contribution is -2.49. The molecule has 2 rings (SSSR count). The molecule has 1 aliphatic heterocycles. The minimum Gasteiger partial charge on any atom is -0.330 e. The summed E-state index contributed by atoms with van der Waals surface area (Å²) in [5, 5.41) is 1.21. The van der Waals surface area contributed by atoms with Crippen molar-refractivity contribution in [2.45, 2.75) is 44.4 Å². The van der Waals surface area contributed by atoms with Gasteiger partial charge in [0, 0.05) is 11.4 Å². The Bertz CT molecular complexity index is 638. The summed E-state index contributed by atoms with van der Waals surface area (Å²) in [6, 6.07) is 3.05. The van der Waals surface area contributed by atoms with Gasteiger partial charge in [-0.1, -0.05) is 6.07 Å². The van der Waals surface area contributed by atoms with Crippen molar-refractivity contribution in [3.8, 4) is 0 Å². The molecule has 1 fully saturated rings. The van der Waals surface area contributed by atoms with Crippen molar-refractivity contribution in [2.24, 2.45) is 0 Å². The Kier molecular flexibility index (Phi) is 5.23. The normalized spacial score (nSPS) is 18.7. The Hall–Kier alpha value is -1.41. The number of hydrogen-bond acceptors (Lipinski definition) is 5. The molecule has 0 aromatic carbocycles. The van der Waals surface area contributed by atoms with Gasteiger partial charge in [-0.3, -0.25) is 14.3 Å². The largest absolute Gasteiger partial charge is 0.330 e. The van der Waals surface area contributed by atoms with Gasteiger partial charge in [0.1, 0.15) is 6.04 Å². The van der Waals surface area contributed by atoms with Gasteiger partial charge in [0.2, 0.25) is 15.9 Å². The van der Waals surface area contributed by atoms with Crippen LogP contribution in [0, 0.1) is 0 Å². The molecule has 8 heteroatoms. The molecule has 122 valence electrons. The van der Waals surface area contributed by atoms with Gasteiger partial charge in [0.25, 0.3) is 5.91 Å². The van der Waals surface area contributed by atoms with Crippen LogP contribution in [0.4, 0.5) is 0 Å². The molecule has 1 atom stereocenters. The van der Waals surface area contributed by atoms with E-state index >= 15 is 0 Å². The highest BCUT2D eigenvalue weighted by Gasteiger charge is 2.36. The van der Waals surface area contributed by atoms with E-state index in [1.165, 1.54) is 30.1 Å². The van der Waals surface area contributed by atoms with Gasteiger partial charge in [0.05, 0.1) is 11.7 Å². The molecular weight excluding hydrogens is 324 g/mol. The number of likely N-dealkylation sites (tertiary alicyclic amines) is 1. The molecule has 1 aliphatic rings. The average Bonchev–Trinajstić information content (AvgIpc) is 3.08. The van der Waals surface area contributed by atoms with E-state index in [0.717, 1.165) is 4.88 Å². The highest BCUT2D eigenvalue weighted by Crippen LogP contribution is 2.20. The highest BCUT2D eigenvalue weighted by atomic mass is 32.2. The predicted molar refractivity (Wildman–Crippen MR) is 85.0 cm³/mol. The quantitative estimate of drug-likeness (QED) is 0.868. The zero-order chi connectivity index (χ0) is 16.3. The van der Waals surface area contributed by atoms with Crippen molar-refractivity contribution < 1.29 is 18.0 Å². The zero-order valence-corrected chi connectivity index (χ0v) is 14.2. The summed E-state index contributed by atoms with van der Waals surface area (Å²) in [7, 11) is -3.67. The van der Waals surface area contributed by atoms with Gasteiger partial charge in [-0.05, 0) is 38.1 Å². The Morgan fingerprint density at radius 3 is 2.77 bits per heavy atom. The Morgan fingerprint density at radius 2 is 2.18 bits per heavy atom. The van der Waals surface area contributed by atoms with E-state index in [-0.39, 0.29) is 12.3 Å². The number of carbonyl (C=O) groups is 2. The molecule has 0 bridgehead atoms. The van der Waals surface area contributed by atoms with Crippen LogP contribution in [0.1, 0.15) is 31.6 Å². The van der Waals surface area contributed by atoms with Crippen molar-refractivity contribution in [1.82, 2.24) is 9.62 Å². The van der Waals surface area contributed by atoms with Gasteiger partial charge in [-0.2, -0.15) is 0 Å². The first-order valence-electron chi connectivity index (χ1n) is 7.18. The summed E-state index contributed by atoms with van der Waals surface area (Å²) in [5.74, 6) is -0.743. The van der Waals surface area contributed by atoms with E-state index in [0.29, 0.717) is 19.4 Å². The van der Waals surface area contributed by atoms with Gasteiger partial charge in [-0.25, -0.2) is 8.42 Å². The fraction of sp³-hybridized carbons (Fsp3) is 0.571. The smallest absolute Gasteiger partial charge is 0.256 e. The van der Waals surface area contributed by atoms with E-state index in [1.807, 2.05) is 17.5 Å². The fourth-order valence-corrected chi connectivity index (χ4v) is 3.68. The van der Waals surface area contributed by atoms with Crippen molar-refractivity contribution >= 4 is 33.2 Å². The average molecular weight is 344 g/mol. The lowest BCUT2D eigenvalue weighted by molar-refractivity contribution is -0.137. The maximum atomic E-state index is 12.3. The third-order valence-corrected chi connectivity index (χ3v) is 6.25. The second kappa shape index (κ2) is 6.78. The first kappa shape index (κ1) is 17.0. The van der Waals surface area contributed by atoms with E-state index in [4.69, 9.17) is 0 Å². The molecule has 0 aliphatic carbocycles. The topological polar surface area (TPSA) is 83.6 Å². The van der Waals surface area contributed by atoms with E-state index in [1.54, 1.807) is 0 Å². The van der Waals surface area contributed by atoms with E-state index < -0.39 is 27.2 Å². The molecule has 0 unspecified atom stereocenters. The minimum absolute atomic E-state index is 0.137. The first-order valence-corrected chi connectivity index (χ1v) is 9.61. The summed E-state index contributed by atoms with van der Waals surface area (Å²) in [6.45, 7) is 3.50. The van der Waals surface area contributed by atoms with Crippen LogP contribution in [-0.4, -0.2) is 43.0 Å². The standard InChI is InChI=1S/C14H20N2O4S2/c1-10(2)22(19,20)15-14(18)12-6-3-7-16(12)13(17)9-11-5-4-8-21-11/h4-5,8,10,12H,3,6-7,9H2,1-2H3,(H,15,18)/t12-/m1/s1. The molecule has 0 radical (unpaired) electrons. The van der Waals surface area contributed by atoms with Crippen LogP contribution < -0.4 is 4.72 Å². The van der Waals surface area contributed by atoms with Gasteiger partial charge >= 0.3 is 0 Å². The second-order valence-electron chi connectivity index (χ2n) is 5.56. The van der Waals surface area contributed by atoms with Crippen LogP contribution >= 0.6 is 11.3 Å². The van der Waals surface area contributed by atoms with Crippen LogP contribution in [0.25, 0.3) is 0 Å². The molecule has 0 spiro atoms.